The number of carbonyl (C=O) groups excluding carboxylic acids is 1. The van der Waals surface area contributed by atoms with E-state index < -0.39 is 11.9 Å². The van der Waals surface area contributed by atoms with Crippen LogP contribution < -0.4 is 4.74 Å². The Kier molecular flexibility index (Phi) is 3.73. The fraction of sp³-hybridized carbons (Fsp3) is 0.583. The maximum Gasteiger partial charge on any atom is 0.308 e. The van der Waals surface area contributed by atoms with Crippen molar-refractivity contribution in [2.75, 3.05) is 13.2 Å². The van der Waals surface area contributed by atoms with Gasteiger partial charge in [0.2, 0.25) is 0 Å². The number of nitrogens with zero attached hydrogens (tertiary/aromatic N) is 2. The molecule has 2 unspecified atom stereocenters. The molecule has 1 aromatic heterocycles. The van der Waals surface area contributed by atoms with Gasteiger partial charge in [-0.05, 0) is 25.4 Å². The Morgan fingerprint density at radius 1 is 1.63 bits per heavy atom. The van der Waals surface area contributed by atoms with Gasteiger partial charge in [-0.2, -0.15) is 0 Å². The summed E-state index contributed by atoms with van der Waals surface area (Å²) in [5.41, 5.74) is 0. The predicted molar refractivity (Wildman–Crippen MR) is 63.7 cm³/mol. The first-order valence-corrected chi connectivity index (χ1v) is 6.07. The van der Waals surface area contributed by atoms with Crippen LogP contribution in [0.2, 0.25) is 0 Å². The van der Waals surface area contributed by atoms with Gasteiger partial charge in [-0.25, -0.2) is 0 Å². The Morgan fingerprint density at radius 2 is 2.37 bits per heavy atom. The van der Waals surface area contributed by atoms with Crippen molar-refractivity contribution in [3.63, 3.8) is 0 Å². The molecule has 1 aromatic rings. The molecule has 1 amide bonds. The molecule has 0 spiro atoms. The van der Waals surface area contributed by atoms with Crippen molar-refractivity contribution >= 4 is 11.9 Å². The monoisotopic (exact) mass is 268 g/mol. The van der Waals surface area contributed by atoms with Gasteiger partial charge in [0.25, 0.3) is 11.8 Å². The van der Waals surface area contributed by atoms with E-state index in [9.17, 15) is 9.59 Å². The molecule has 1 saturated heterocycles. The molecule has 2 rings (SSSR count). The third-order valence-electron chi connectivity index (χ3n) is 3.34. The highest BCUT2D eigenvalue weighted by molar-refractivity contribution is 5.80. The molecule has 7 heteroatoms. The second kappa shape index (κ2) is 5.29. The van der Waals surface area contributed by atoms with Gasteiger partial charge in [-0.1, -0.05) is 0 Å². The Labute approximate surface area is 110 Å². The molecule has 1 aliphatic rings. The molecule has 0 aromatic carbocycles. The van der Waals surface area contributed by atoms with Gasteiger partial charge in [-0.3, -0.25) is 9.59 Å². The van der Waals surface area contributed by atoms with E-state index in [1.165, 1.54) is 4.90 Å². The maximum atomic E-state index is 12.0. The van der Waals surface area contributed by atoms with E-state index in [0.29, 0.717) is 18.7 Å². The summed E-state index contributed by atoms with van der Waals surface area (Å²) in [5, 5.41) is 12.6. The fourth-order valence-corrected chi connectivity index (χ4v) is 2.25. The number of ether oxygens (including phenoxy) is 1. The first-order chi connectivity index (χ1) is 8.99. The standard InChI is InChI=1S/C12H16N2O5/c1-7-5-10(13-19-7)18-6-11(15)14-4-3-9(8(14)2)12(16)17/h5,8-9H,3-4,6H2,1-2H3,(H,16,17). The highest BCUT2D eigenvalue weighted by Gasteiger charge is 2.38. The second-order valence-corrected chi connectivity index (χ2v) is 4.63. The summed E-state index contributed by atoms with van der Waals surface area (Å²) in [6.45, 7) is 3.74. The van der Waals surface area contributed by atoms with Gasteiger partial charge >= 0.3 is 5.97 Å². The van der Waals surface area contributed by atoms with Crippen LogP contribution in [0.25, 0.3) is 0 Å². The molecule has 0 radical (unpaired) electrons. The van der Waals surface area contributed by atoms with Crippen LogP contribution in [-0.4, -0.2) is 46.2 Å². The van der Waals surface area contributed by atoms with E-state index in [4.69, 9.17) is 14.4 Å². The van der Waals surface area contributed by atoms with Crippen LogP contribution >= 0.6 is 0 Å². The summed E-state index contributed by atoms with van der Waals surface area (Å²) >= 11 is 0. The summed E-state index contributed by atoms with van der Waals surface area (Å²) in [7, 11) is 0. The lowest BCUT2D eigenvalue weighted by molar-refractivity contribution is -0.143. The quantitative estimate of drug-likeness (QED) is 0.863. The van der Waals surface area contributed by atoms with E-state index in [1.807, 2.05) is 0 Å². The smallest absolute Gasteiger partial charge is 0.308 e. The molecule has 1 fully saturated rings. The lowest BCUT2D eigenvalue weighted by Gasteiger charge is -2.22. The van der Waals surface area contributed by atoms with Crippen LogP contribution in [0.3, 0.4) is 0 Å². The molecule has 0 aliphatic carbocycles. The topological polar surface area (TPSA) is 92.9 Å². The minimum absolute atomic E-state index is 0.164. The number of carbonyl (C=O) groups is 2. The van der Waals surface area contributed by atoms with Crippen molar-refractivity contribution in [2.45, 2.75) is 26.3 Å². The molecule has 1 aliphatic heterocycles. The molecular formula is C12H16N2O5. The molecule has 1 N–H and O–H groups in total. The molecule has 19 heavy (non-hydrogen) atoms. The normalized spacial score (nSPS) is 22.5. The Bertz CT molecular complexity index is 484. The number of likely N-dealkylation sites (tertiary alicyclic amines) is 1. The van der Waals surface area contributed by atoms with Crippen LogP contribution in [0, 0.1) is 12.8 Å². The van der Waals surface area contributed by atoms with E-state index in [1.54, 1.807) is 19.9 Å². The Hall–Kier alpha value is -2.05. The van der Waals surface area contributed by atoms with Gasteiger partial charge in [0.05, 0.1) is 5.92 Å². The molecule has 0 saturated carbocycles. The molecule has 104 valence electrons. The van der Waals surface area contributed by atoms with Crippen LogP contribution in [-0.2, 0) is 9.59 Å². The molecule has 7 nitrogen and oxygen atoms in total. The number of hydrogen-bond donors (Lipinski definition) is 1. The average molecular weight is 268 g/mol. The van der Waals surface area contributed by atoms with Crippen molar-refractivity contribution in [2.24, 2.45) is 5.92 Å². The lowest BCUT2D eigenvalue weighted by atomic mass is 10.0. The fourth-order valence-electron chi connectivity index (χ4n) is 2.25. The Morgan fingerprint density at radius 3 is 2.89 bits per heavy atom. The average Bonchev–Trinajstić information content (AvgIpc) is 2.92. The van der Waals surface area contributed by atoms with Gasteiger partial charge in [0.15, 0.2) is 6.61 Å². The zero-order valence-corrected chi connectivity index (χ0v) is 10.8. The summed E-state index contributed by atoms with van der Waals surface area (Å²) in [6.07, 6.45) is 0.477. The van der Waals surface area contributed by atoms with Gasteiger partial charge < -0.3 is 19.3 Å². The van der Waals surface area contributed by atoms with Crippen LogP contribution in [0.1, 0.15) is 19.1 Å². The first-order valence-electron chi connectivity index (χ1n) is 6.07. The number of rotatable bonds is 4. The summed E-state index contributed by atoms with van der Waals surface area (Å²) in [4.78, 5) is 24.5. The zero-order valence-electron chi connectivity index (χ0n) is 10.8. The molecule has 2 heterocycles. The van der Waals surface area contributed by atoms with Gasteiger partial charge in [-0.15, -0.1) is 0 Å². The third-order valence-corrected chi connectivity index (χ3v) is 3.34. The van der Waals surface area contributed by atoms with E-state index >= 15 is 0 Å². The summed E-state index contributed by atoms with van der Waals surface area (Å²) in [6, 6.07) is 1.27. The van der Waals surface area contributed by atoms with Crippen molar-refractivity contribution in [1.82, 2.24) is 10.1 Å². The molecular weight excluding hydrogens is 252 g/mol. The second-order valence-electron chi connectivity index (χ2n) is 4.63. The van der Waals surface area contributed by atoms with Crippen molar-refractivity contribution in [3.8, 4) is 5.88 Å². The highest BCUT2D eigenvalue weighted by atomic mass is 16.5. The maximum absolute atomic E-state index is 12.0. The highest BCUT2D eigenvalue weighted by Crippen LogP contribution is 2.24. The number of aromatic nitrogens is 1. The van der Waals surface area contributed by atoms with E-state index in [-0.39, 0.29) is 24.4 Å². The van der Waals surface area contributed by atoms with Gasteiger partial charge in [0, 0.05) is 18.7 Å². The number of aliphatic carboxylic acids is 1. The molecule has 2 atom stereocenters. The SMILES string of the molecule is Cc1cc(OCC(=O)N2CCC(C(=O)O)C2C)no1. The van der Waals surface area contributed by atoms with Crippen molar-refractivity contribution in [1.29, 1.82) is 0 Å². The zero-order chi connectivity index (χ0) is 14.0. The minimum atomic E-state index is -0.865. The third kappa shape index (κ3) is 2.86. The minimum Gasteiger partial charge on any atom is -0.481 e. The number of amides is 1. The number of aryl methyl sites for hydroxylation is 1. The summed E-state index contributed by atoms with van der Waals surface area (Å²) < 4.78 is 10.0. The number of carboxylic acid groups (broad SMARTS) is 1. The van der Waals surface area contributed by atoms with E-state index in [0.717, 1.165) is 0 Å². The van der Waals surface area contributed by atoms with Gasteiger partial charge in [0.1, 0.15) is 5.76 Å². The lowest BCUT2D eigenvalue weighted by Crippen LogP contribution is -2.40. The van der Waals surface area contributed by atoms with Crippen LogP contribution in [0.5, 0.6) is 5.88 Å². The molecule has 0 bridgehead atoms. The first kappa shape index (κ1) is 13.4. The van der Waals surface area contributed by atoms with E-state index in [2.05, 4.69) is 5.16 Å². The number of carboxylic acids is 1. The summed E-state index contributed by atoms with van der Waals surface area (Å²) in [5.74, 6) is -0.749. The largest absolute Gasteiger partial charge is 0.481 e. The Balaban J connectivity index is 1.89. The number of hydrogen-bond acceptors (Lipinski definition) is 5. The van der Waals surface area contributed by atoms with Crippen molar-refractivity contribution in [3.05, 3.63) is 11.8 Å². The van der Waals surface area contributed by atoms with Crippen LogP contribution in [0.15, 0.2) is 10.6 Å². The van der Waals surface area contributed by atoms with Crippen LogP contribution in [0.4, 0.5) is 0 Å². The van der Waals surface area contributed by atoms with Crippen molar-refractivity contribution < 1.29 is 24.0 Å². The predicted octanol–water partition coefficient (Wildman–Crippen LogP) is 0.683.